The Hall–Kier alpha value is -6.44. The highest BCUT2D eigenvalue weighted by atomic mass is 16.3. The van der Waals surface area contributed by atoms with Gasteiger partial charge in [0.15, 0.2) is 0 Å². The Bertz CT molecular complexity index is 2800. The highest BCUT2D eigenvalue weighted by Gasteiger charge is 2.18. The van der Waals surface area contributed by atoms with Gasteiger partial charge in [0.25, 0.3) is 0 Å². The molecule has 0 saturated heterocycles. The molecule has 0 unspecified atom stereocenters. The van der Waals surface area contributed by atoms with E-state index >= 15 is 0 Å². The average molecular weight is 623 g/mol. The molecule has 1 heteroatoms. The monoisotopic (exact) mass is 622 g/mol. The lowest BCUT2D eigenvalue weighted by molar-refractivity contribution is 0.669. The van der Waals surface area contributed by atoms with Crippen molar-refractivity contribution < 1.29 is 4.42 Å². The van der Waals surface area contributed by atoms with Crippen LogP contribution in [0.25, 0.3) is 98.8 Å². The quantitative estimate of drug-likeness (QED) is 0.178. The van der Waals surface area contributed by atoms with Gasteiger partial charge in [-0.25, -0.2) is 0 Å². The lowest BCUT2D eigenvalue weighted by atomic mass is 9.85. The van der Waals surface area contributed by atoms with E-state index in [0.29, 0.717) is 0 Å². The Morgan fingerprint density at radius 3 is 1.53 bits per heavy atom. The summed E-state index contributed by atoms with van der Waals surface area (Å²) in [6.45, 7) is 0. The van der Waals surface area contributed by atoms with Gasteiger partial charge >= 0.3 is 0 Å². The van der Waals surface area contributed by atoms with Gasteiger partial charge in [-0.15, -0.1) is 0 Å². The standard InChI is InChI=1S/C48H30O/c1-2-12-31(13-3-1)35-15-10-16-36(30-35)46-41-20-8-6-18-39(41)45(40-19-7-9-21-42(40)46)34-26-24-33(25-27-34)38-22-11-23-43-47(38)48-37-17-5-4-14-32(37)28-29-44(48)49-43/h1-30H. The van der Waals surface area contributed by atoms with Crippen LogP contribution < -0.4 is 0 Å². The Morgan fingerprint density at radius 2 is 0.816 bits per heavy atom. The van der Waals surface area contributed by atoms with E-state index in [-0.39, 0.29) is 0 Å². The van der Waals surface area contributed by atoms with Gasteiger partial charge in [0.2, 0.25) is 0 Å². The van der Waals surface area contributed by atoms with Crippen LogP contribution in [-0.2, 0) is 0 Å². The van der Waals surface area contributed by atoms with Gasteiger partial charge in [-0.05, 0) is 95.0 Å². The topological polar surface area (TPSA) is 13.1 Å². The third-order valence-corrected chi connectivity index (χ3v) is 10.1. The van der Waals surface area contributed by atoms with E-state index in [0.717, 1.165) is 11.2 Å². The van der Waals surface area contributed by atoms with E-state index in [1.54, 1.807) is 0 Å². The molecular formula is C48H30O. The summed E-state index contributed by atoms with van der Waals surface area (Å²) < 4.78 is 6.39. The molecule has 0 N–H and O–H groups in total. The first-order valence-corrected chi connectivity index (χ1v) is 16.8. The number of hydrogen-bond donors (Lipinski definition) is 0. The normalized spacial score (nSPS) is 11.7. The van der Waals surface area contributed by atoms with E-state index in [1.165, 1.54) is 87.6 Å². The van der Waals surface area contributed by atoms with Crippen molar-refractivity contribution in [1.29, 1.82) is 0 Å². The van der Waals surface area contributed by atoms with Crippen molar-refractivity contribution in [2.75, 3.05) is 0 Å². The van der Waals surface area contributed by atoms with Crippen LogP contribution in [0.1, 0.15) is 0 Å². The molecule has 1 nitrogen and oxygen atoms in total. The fraction of sp³-hybridized carbons (Fsp3) is 0. The first kappa shape index (κ1) is 27.7. The Labute approximate surface area is 284 Å². The zero-order valence-electron chi connectivity index (χ0n) is 26.7. The lowest BCUT2D eigenvalue weighted by Crippen LogP contribution is -1.91. The van der Waals surface area contributed by atoms with Crippen molar-refractivity contribution in [1.82, 2.24) is 0 Å². The maximum atomic E-state index is 6.39. The summed E-state index contributed by atoms with van der Waals surface area (Å²) in [6, 6.07) is 65.7. The average Bonchev–Trinajstić information content (AvgIpc) is 3.57. The molecule has 0 saturated carbocycles. The molecular weight excluding hydrogens is 593 g/mol. The summed E-state index contributed by atoms with van der Waals surface area (Å²) in [6.07, 6.45) is 0. The zero-order chi connectivity index (χ0) is 32.3. The Balaban J connectivity index is 1.16. The number of rotatable bonds is 4. The molecule has 0 aliphatic heterocycles. The maximum absolute atomic E-state index is 6.39. The lowest BCUT2D eigenvalue weighted by Gasteiger charge is -2.18. The summed E-state index contributed by atoms with van der Waals surface area (Å²) in [7, 11) is 0. The van der Waals surface area contributed by atoms with Gasteiger partial charge in [-0.3, -0.25) is 0 Å². The summed E-state index contributed by atoms with van der Waals surface area (Å²) in [4.78, 5) is 0. The van der Waals surface area contributed by atoms with E-state index in [4.69, 9.17) is 4.42 Å². The van der Waals surface area contributed by atoms with Crippen molar-refractivity contribution >= 4 is 54.3 Å². The number of hydrogen-bond acceptors (Lipinski definition) is 1. The largest absolute Gasteiger partial charge is 0.456 e. The van der Waals surface area contributed by atoms with Crippen LogP contribution in [0.3, 0.4) is 0 Å². The van der Waals surface area contributed by atoms with Crippen LogP contribution >= 0.6 is 0 Å². The molecule has 228 valence electrons. The smallest absolute Gasteiger partial charge is 0.136 e. The van der Waals surface area contributed by atoms with Gasteiger partial charge in [0.05, 0.1) is 0 Å². The predicted octanol–water partition coefficient (Wildman–Crippen LogP) is 13.7. The fourth-order valence-corrected chi connectivity index (χ4v) is 7.88. The summed E-state index contributed by atoms with van der Waals surface area (Å²) in [5.41, 5.74) is 11.6. The van der Waals surface area contributed by atoms with Gasteiger partial charge in [-0.2, -0.15) is 0 Å². The molecule has 9 aromatic carbocycles. The second-order valence-corrected chi connectivity index (χ2v) is 12.8. The molecule has 49 heavy (non-hydrogen) atoms. The predicted molar refractivity (Wildman–Crippen MR) is 208 cm³/mol. The molecule has 1 heterocycles. The molecule has 0 radical (unpaired) electrons. The number of benzene rings is 9. The van der Waals surface area contributed by atoms with Crippen LogP contribution in [0.5, 0.6) is 0 Å². The summed E-state index contributed by atoms with van der Waals surface area (Å²) in [5.74, 6) is 0. The zero-order valence-corrected chi connectivity index (χ0v) is 26.7. The molecule has 0 amide bonds. The second kappa shape index (κ2) is 11.1. The van der Waals surface area contributed by atoms with Crippen LogP contribution in [-0.4, -0.2) is 0 Å². The Kier molecular flexibility index (Phi) is 6.25. The van der Waals surface area contributed by atoms with Crippen LogP contribution in [0.2, 0.25) is 0 Å². The highest BCUT2D eigenvalue weighted by molar-refractivity contribution is 6.23. The molecule has 0 aliphatic rings. The Morgan fingerprint density at radius 1 is 0.286 bits per heavy atom. The molecule has 10 rings (SSSR count). The van der Waals surface area contributed by atoms with Gasteiger partial charge in [-0.1, -0.05) is 164 Å². The molecule has 0 spiro atoms. The second-order valence-electron chi connectivity index (χ2n) is 12.8. The first-order valence-electron chi connectivity index (χ1n) is 16.8. The summed E-state index contributed by atoms with van der Waals surface area (Å²) in [5, 5.41) is 9.80. The molecule has 0 fully saturated rings. The van der Waals surface area contributed by atoms with Gasteiger partial charge < -0.3 is 4.42 Å². The maximum Gasteiger partial charge on any atom is 0.136 e. The molecule has 0 aliphatic carbocycles. The molecule has 1 aromatic heterocycles. The minimum Gasteiger partial charge on any atom is -0.456 e. The SMILES string of the molecule is c1ccc(-c2cccc(-c3c4ccccc4c(-c4ccc(-c5cccc6oc7ccc8ccccc8c7c56)cc4)c4ccccc34)c2)cc1. The van der Waals surface area contributed by atoms with Gasteiger partial charge in [0, 0.05) is 10.8 Å². The highest BCUT2D eigenvalue weighted by Crippen LogP contribution is 2.45. The third-order valence-electron chi connectivity index (χ3n) is 10.1. The number of furan rings is 1. The minimum atomic E-state index is 0.914. The van der Waals surface area contributed by atoms with Crippen molar-refractivity contribution in [3.05, 3.63) is 182 Å². The van der Waals surface area contributed by atoms with E-state index < -0.39 is 0 Å². The van der Waals surface area contributed by atoms with Crippen molar-refractivity contribution in [2.24, 2.45) is 0 Å². The van der Waals surface area contributed by atoms with Crippen molar-refractivity contribution in [3.8, 4) is 44.5 Å². The first-order chi connectivity index (χ1) is 24.3. The fourth-order valence-electron chi connectivity index (χ4n) is 7.88. The van der Waals surface area contributed by atoms with Crippen molar-refractivity contribution in [3.63, 3.8) is 0 Å². The van der Waals surface area contributed by atoms with E-state index in [2.05, 4.69) is 182 Å². The third kappa shape index (κ3) is 4.40. The van der Waals surface area contributed by atoms with Crippen LogP contribution in [0.4, 0.5) is 0 Å². The minimum absolute atomic E-state index is 0.914. The molecule has 0 atom stereocenters. The number of fused-ring (bicyclic) bond motifs is 7. The molecule has 0 bridgehead atoms. The van der Waals surface area contributed by atoms with Crippen LogP contribution in [0.15, 0.2) is 186 Å². The van der Waals surface area contributed by atoms with Gasteiger partial charge in [0.1, 0.15) is 11.2 Å². The van der Waals surface area contributed by atoms with Crippen molar-refractivity contribution in [2.45, 2.75) is 0 Å². The summed E-state index contributed by atoms with van der Waals surface area (Å²) >= 11 is 0. The molecule has 10 aromatic rings. The van der Waals surface area contributed by atoms with Crippen LogP contribution in [0, 0.1) is 0 Å². The van der Waals surface area contributed by atoms with E-state index in [9.17, 15) is 0 Å². The van der Waals surface area contributed by atoms with E-state index in [1.807, 2.05) is 0 Å².